The van der Waals surface area contributed by atoms with Crippen molar-refractivity contribution in [3.05, 3.63) is 18.1 Å². The van der Waals surface area contributed by atoms with E-state index >= 15 is 0 Å². The summed E-state index contributed by atoms with van der Waals surface area (Å²) in [5.41, 5.74) is 7.10. The van der Waals surface area contributed by atoms with Crippen LogP contribution in [0.5, 0.6) is 0 Å². The fourth-order valence-corrected chi connectivity index (χ4v) is 5.67. The molecule has 36 heavy (non-hydrogen) atoms. The van der Waals surface area contributed by atoms with Crippen molar-refractivity contribution in [2.24, 2.45) is 5.16 Å². The lowest BCUT2D eigenvalue weighted by molar-refractivity contribution is -0.0638. The minimum atomic E-state index is -1.67. The highest BCUT2D eigenvalue weighted by Gasteiger charge is 2.50. The molecule has 3 N–H and O–H groups in total. The number of anilines is 1. The van der Waals surface area contributed by atoms with Crippen LogP contribution in [0.15, 0.2) is 17.7 Å². The number of aliphatic hydroxyl groups is 1. The first-order valence-corrected chi connectivity index (χ1v) is 13.2. The predicted octanol–water partition coefficient (Wildman–Crippen LogP) is 2.31. The second-order valence-electron chi connectivity index (χ2n) is 8.83. The van der Waals surface area contributed by atoms with Crippen LogP contribution in [0.3, 0.4) is 0 Å². The van der Waals surface area contributed by atoms with Gasteiger partial charge < -0.3 is 34.2 Å². The van der Waals surface area contributed by atoms with Crippen molar-refractivity contribution in [2.75, 3.05) is 32.7 Å². The number of oxime groups is 1. The van der Waals surface area contributed by atoms with E-state index in [1.807, 2.05) is 6.92 Å². The number of aliphatic hydroxyl groups excluding tert-OH is 1. The number of methoxy groups -OCH3 is 1. The Morgan fingerprint density at radius 3 is 2.64 bits per heavy atom. The third kappa shape index (κ3) is 6.46. The molecule has 202 valence electrons. The third-order valence-electron chi connectivity index (χ3n) is 5.59. The number of aromatic nitrogens is 4. The van der Waals surface area contributed by atoms with E-state index in [0.717, 1.165) is 6.42 Å². The fourth-order valence-electron chi connectivity index (χ4n) is 4.10. The molecule has 2 aromatic rings. The highest BCUT2D eigenvalue weighted by molar-refractivity contribution is 7.44. The summed E-state index contributed by atoms with van der Waals surface area (Å²) in [4.78, 5) is 8.35. The normalized spacial score (nSPS) is 23.6. The minimum absolute atomic E-state index is 0.111. The highest BCUT2D eigenvalue weighted by atomic mass is 31.2. The monoisotopic (exact) mass is 527 g/mol. The van der Waals surface area contributed by atoms with E-state index in [1.165, 1.54) is 10.8 Å². The largest absolute Gasteiger partial charge is 0.394 e. The molecule has 0 radical (unpaired) electrons. The van der Waals surface area contributed by atoms with Crippen LogP contribution < -0.4 is 5.73 Å². The van der Waals surface area contributed by atoms with Gasteiger partial charge in [-0.2, -0.15) is 9.61 Å². The SMILES string of the molecule is CC/C=N/OP(OC1C(c2cnn3c(N)ncnc23)OC(CO)C1OCCOC)N(C(C)C)C(C)C. The minimum Gasteiger partial charge on any atom is -0.394 e. The lowest BCUT2D eigenvalue weighted by Gasteiger charge is -2.36. The molecule has 0 aliphatic carbocycles. The van der Waals surface area contributed by atoms with Gasteiger partial charge >= 0.3 is 8.53 Å². The molecule has 1 fully saturated rings. The van der Waals surface area contributed by atoms with E-state index in [0.29, 0.717) is 24.4 Å². The molecular weight excluding hydrogens is 489 g/mol. The van der Waals surface area contributed by atoms with E-state index in [1.54, 1.807) is 19.5 Å². The number of ether oxygens (including phenoxy) is 3. The Hall–Kier alpha value is -1.99. The smallest absolute Gasteiger partial charge is 0.347 e. The Balaban J connectivity index is 2.03. The van der Waals surface area contributed by atoms with E-state index in [9.17, 15) is 5.11 Å². The van der Waals surface area contributed by atoms with Crippen LogP contribution in [0.4, 0.5) is 5.95 Å². The number of fused-ring (bicyclic) bond motifs is 1. The van der Waals surface area contributed by atoms with Gasteiger partial charge in [-0.05, 0) is 34.1 Å². The average Bonchev–Trinajstić information content (AvgIpc) is 3.41. The van der Waals surface area contributed by atoms with E-state index in [-0.39, 0.29) is 24.6 Å². The van der Waals surface area contributed by atoms with Crippen molar-refractivity contribution in [3.63, 3.8) is 0 Å². The van der Waals surface area contributed by atoms with Crippen LogP contribution in [0.25, 0.3) is 5.65 Å². The van der Waals surface area contributed by atoms with Crippen LogP contribution in [0.2, 0.25) is 0 Å². The molecule has 2 aromatic heterocycles. The summed E-state index contributed by atoms with van der Waals surface area (Å²) in [5, 5.41) is 18.6. The first-order chi connectivity index (χ1) is 17.3. The Labute approximate surface area is 212 Å². The maximum absolute atomic E-state index is 10.2. The van der Waals surface area contributed by atoms with E-state index in [4.69, 9.17) is 29.1 Å². The number of rotatable bonds is 14. The van der Waals surface area contributed by atoms with Crippen LogP contribution in [-0.4, -0.2) is 92.9 Å². The van der Waals surface area contributed by atoms with Crippen molar-refractivity contribution in [1.29, 1.82) is 0 Å². The van der Waals surface area contributed by atoms with Crippen LogP contribution in [0, 0.1) is 0 Å². The summed E-state index contributed by atoms with van der Waals surface area (Å²) in [7, 11) is -0.0718. The van der Waals surface area contributed by atoms with Gasteiger partial charge in [-0.3, -0.25) is 0 Å². The zero-order valence-corrected chi connectivity index (χ0v) is 22.6. The van der Waals surface area contributed by atoms with Crippen molar-refractivity contribution in [2.45, 2.75) is 77.5 Å². The summed E-state index contributed by atoms with van der Waals surface area (Å²) in [6.45, 7) is 10.7. The second-order valence-corrected chi connectivity index (χ2v) is 10.1. The Kier molecular flexibility index (Phi) is 10.7. The molecule has 5 atom stereocenters. The van der Waals surface area contributed by atoms with Crippen molar-refractivity contribution in [1.82, 2.24) is 24.3 Å². The third-order valence-corrected chi connectivity index (χ3v) is 7.54. The predicted molar refractivity (Wildman–Crippen MR) is 135 cm³/mol. The highest BCUT2D eigenvalue weighted by Crippen LogP contribution is 2.52. The van der Waals surface area contributed by atoms with Crippen LogP contribution in [0.1, 0.15) is 52.7 Å². The van der Waals surface area contributed by atoms with E-state index in [2.05, 4.69) is 52.6 Å². The molecule has 0 bridgehead atoms. The molecule has 0 saturated carbocycles. The van der Waals surface area contributed by atoms with Crippen LogP contribution in [-0.2, 0) is 23.4 Å². The molecule has 1 saturated heterocycles. The summed E-state index contributed by atoms with van der Waals surface area (Å²) in [5.74, 6) is 0.193. The van der Waals surface area contributed by atoms with Gasteiger partial charge in [0.1, 0.15) is 30.7 Å². The molecular formula is C22H38N7O6P. The molecule has 3 heterocycles. The van der Waals surface area contributed by atoms with Gasteiger partial charge in [0.2, 0.25) is 5.95 Å². The molecule has 0 amide bonds. The van der Waals surface area contributed by atoms with Gasteiger partial charge in [-0.1, -0.05) is 12.1 Å². The lowest BCUT2D eigenvalue weighted by atomic mass is 10.0. The molecule has 1 aliphatic heterocycles. The molecule has 13 nitrogen and oxygen atoms in total. The number of nitrogens with two attached hydrogens (primary N) is 1. The molecule has 0 aromatic carbocycles. The van der Waals surface area contributed by atoms with Gasteiger partial charge in [0.15, 0.2) is 5.65 Å². The first kappa shape index (κ1) is 28.6. The summed E-state index contributed by atoms with van der Waals surface area (Å²) in [6, 6.07) is 0.222. The zero-order chi connectivity index (χ0) is 26.2. The second kappa shape index (κ2) is 13.5. The lowest BCUT2D eigenvalue weighted by Crippen LogP contribution is -2.40. The summed E-state index contributed by atoms with van der Waals surface area (Å²) >= 11 is 0. The Morgan fingerprint density at radius 1 is 1.25 bits per heavy atom. The fraction of sp³-hybridized carbons (Fsp3) is 0.727. The molecule has 1 aliphatic rings. The Morgan fingerprint density at radius 2 is 2.00 bits per heavy atom. The van der Waals surface area contributed by atoms with Crippen molar-refractivity contribution < 1.29 is 28.5 Å². The standard InChI is InChI=1S/C22H38N7O6P/c1-7-8-27-35-36(29(14(2)3)15(4)5)34-20-18(33-17(12-30)19(20)32-10-9-31-6)16-11-26-28-21(16)24-13-25-22(28)23/h8,11,13-15,17-20,30H,7,9-10,12H2,1-6H3,(H2,23,24,25)/b27-8+. The molecule has 14 heteroatoms. The molecule has 5 unspecified atom stereocenters. The van der Waals surface area contributed by atoms with Crippen molar-refractivity contribution >= 4 is 26.3 Å². The summed E-state index contributed by atoms with van der Waals surface area (Å²) in [6.07, 6.45) is 2.77. The van der Waals surface area contributed by atoms with E-state index < -0.39 is 32.9 Å². The number of nitrogen functional groups attached to an aromatic ring is 1. The quantitative estimate of drug-likeness (QED) is 0.161. The maximum atomic E-state index is 10.2. The van der Waals surface area contributed by atoms with Gasteiger partial charge in [0.05, 0.1) is 26.0 Å². The van der Waals surface area contributed by atoms with Gasteiger partial charge in [0.25, 0.3) is 0 Å². The molecule has 0 spiro atoms. The van der Waals surface area contributed by atoms with Gasteiger partial charge in [-0.25, -0.2) is 14.6 Å². The van der Waals surface area contributed by atoms with Crippen LogP contribution >= 0.6 is 8.53 Å². The average molecular weight is 528 g/mol. The van der Waals surface area contributed by atoms with Gasteiger partial charge in [-0.15, -0.1) is 0 Å². The maximum Gasteiger partial charge on any atom is 0.347 e. The van der Waals surface area contributed by atoms with Crippen molar-refractivity contribution in [3.8, 4) is 0 Å². The van der Waals surface area contributed by atoms with Gasteiger partial charge in [0, 0.05) is 31.0 Å². The number of hydrogen-bond donors (Lipinski definition) is 2. The summed E-state index contributed by atoms with van der Waals surface area (Å²) < 4.78 is 33.7. The zero-order valence-electron chi connectivity index (χ0n) is 21.7. The topological polar surface area (TPSA) is 151 Å². The number of nitrogens with zero attached hydrogens (tertiary/aromatic N) is 6. The first-order valence-electron chi connectivity index (χ1n) is 12.1. The number of hydrogen-bond acceptors (Lipinski definition) is 12. The molecule has 3 rings (SSSR count). The Bertz CT molecular complexity index is 970.